The number of aliphatic hydroxyl groups excluding tert-OH is 1. The number of hydrogen-bond acceptors (Lipinski definition) is 3. The Kier molecular flexibility index (Phi) is 4.11. The Morgan fingerprint density at radius 1 is 1.29 bits per heavy atom. The van der Waals surface area contributed by atoms with Gasteiger partial charge in [0.05, 0.1) is 12.2 Å². The highest BCUT2D eigenvalue weighted by Gasteiger charge is 2.42. The third-order valence-electron chi connectivity index (χ3n) is 4.58. The predicted molar refractivity (Wildman–Crippen MR) is 69.0 cm³/mol. The van der Waals surface area contributed by atoms with Crippen LogP contribution >= 0.6 is 0 Å². The van der Waals surface area contributed by atoms with E-state index >= 15 is 0 Å². The molecule has 0 spiro atoms. The van der Waals surface area contributed by atoms with Gasteiger partial charge < -0.3 is 9.84 Å². The van der Waals surface area contributed by atoms with Crippen LogP contribution in [-0.2, 0) is 4.74 Å². The van der Waals surface area contributed by atoms with E-state index in [4.69, 9.17) is 4.74 Å². The number of aliphatic hydroxyl groups is 1. The lowest BCUT2D eigenvalue weighted by Gasteiger charge is -2.34. The first-order chi connectivity index (χ1) is 8.00. The second-order valence-corrected chi connectivity index (χ2v) is 6.47. The number of ether oxygens (including phenoxy) is 1. The molecule has 2 fully saturated rings. The van der Waals surface area contributed by atoms with Crippen LogP contribution in [0.3, 0.4) is 0 Å². The van der Waals surface area contributed by atoms with E-state index in [0.29, 0.717) is 12.1 Å². The molecule has 3 unspecified atom stereocenters. The van der Waals surface area contributed by atoms with Crippen LogP contribution in [0.2, 0.25) is 0 Å². The van der Waals surface area contributed by atoms with Gasteiger partial charge in [0.15, 0.2) is 0 Å². The highest BCUT2D eigenvalue weighted by Crippen LogP contribution is 2.39. The van der Waals surface area contributed by atoms with Crippen molar-refractivity contribution in [3.8, 4) is 0 Å². The first-order valence-corrected chi connectivity index (χ1v) is 7.00. The Morgan fingerprint density at radius 2 is 2.06 bits per heavy atom. The van der Waals surface area contributed by atoms with Crippen molar-refractivity contribution in [3.05, 3.63) is 0 Å². The average molecular weight is 241 g/mol. The zero-order chi connectivity index (χ0) is 12.5. The molecule has 1 heterocycles. The Balaban J connectivity index is 1.85. The van der Waals surface area contributed by atoms with Gasteiger partial charge in [-0.05, 0) is 44.6 Å². The normalized spacial score (nSPS) is 37.6. The first kappa shape index (κ1) is 13.3. The maximum Gasteiger partial charge on any atom is 0.0746 e. The standard InChI is InChI=1S/C14H27NO2/c1-14(2)8-7-12(13(14)16)15(3)10-11-6-4-5-9-17-11/h11-13,16H,4-10H2,1-3H3. The fraction of sp³-hybridized carbons (Fsp3) is 1.00. The summed E-state index contributed by atoms with van der Waals surface area (Å²) in [5.41, 5.74) is 0.0757. The second-order valence-electron chi connectivity index (χ2n) is 6.47. The van der Waals surface area contributed by atoms with Gasteiger partial charge in [-0.3, -0.25) is 4.90 Å². The van der Waals surface area contributed by atoms with Crippen molar-refractivity contribution in [2.75, 3.05) is 20.2 Å². The van der Waals surface area contributed by atoms with E-state index in [0.717, 1.165) is 26.0 Å². The van der Waals surface area contributed by atoms with Crippen LogP contribution in [0.1, 0.15) is 46.0 Å². The molecule has 0 bridgehead atoms. The fourth-order valence-electron chi connectivity index (χ4n) is 3.22. The van der Waals surface area contributed by atoms with Crippen LogP contribution < -0.4 is 0 Å². The molecule has 1 N–H and O–H groups in total. The molecule has 1 aliphatic carbocycles. The van der Waals surface area contributed by atoms with Crippen LogP contribution in [0.15, 0.2) is 0 Å². The Bertz CT molecular complexity index is 249. The van der Waals surface area contributed by atoms with E-state index in [9.17, 15) is 5.11 Å². The Morgan fingerprint density at radius 3 is 2.59 bits per heavy atom. The lowest BCUT2D eigenvalue weighted by Crippen LogP contribution is -2.45. The summed E-state index contributed by atoms with van der Waals surface area (Å²) in [6, 6.07) is 0.315. The van der Waals surface area contributed by atoms with E-state index in [1.807, 2.05) is 0 Å². The van der Waals surface area contributed by atoms with Crippen LogP contribution in [0.25, 0.3) is 0 Å². The minimum absolute atomic E-state index is 0.0757. The molecule has 0 aromatic rings. The van der Waals surface area contributed by atoms with Gasteiger partial charge >= 0.3 is 0 Å². The third-order valence-corrected chi connectivity index (χ3v) is 4.58. The number of likely N-dealkylation sites (N-methyl/N-ethyl adjacent to an activating group) is 1. The molecule has 0 amide bonds. The van der Waals surface area contributed by atoms with E-state index in [1.54, 1.807) is 0 Å². The molecule has 3 nitrogen and oxygen atoms in total. The molecule has 1 saturated carbocycles. The number of hydrogen-bond donors (Lipinski definition) is 1. The van der Waals surface area contributed by atoms with Crippen molar-refractivity contribution in [2.24, 2.45) is 5.41 Å². The molecule has 0 radical (unpaired) electrons. The van der Waals surface area contributed by atoms with Crippen molar-refractivity contribution >= 4 is 0 Å². The van der Waals surface area contributed by atoms with Gasteiger partial charge in [0.2, 0.25) is 0 Å². The van der Waals surface area contributed by atoms with Gasteiger partial charge in [0.1, 0.15) is 0 Å². The first-order valence-electron chi connectivity index (χ1n) is 7.00. The average Bonchev–Trinajstić information content (AvgIpc) is 2.56. The second kappa shape index (κ2) is 5.25. The van der Waals surface area contributed by atoms with E-state index in [1.165, 1.54) is 19.3 Å². The molecule has 17 heavy (non-hydrogen) atoms. The molecular formula is C14H27NO2. The minimum Gasteiger partial charge on any atom is -0.391 e. The summed E-state index contributed by atoms with van der Waals surface area (Å²) in [5.74, 6) is 0. The summed E-state index contributed by atoms with van der Waals surface area (Å²) in [7, 11) is 2.13. The highest BCUT2D eigenvalue weighted by atomic mass is 16.5. The monoisotopic (exact) mass is 241 g/mol. The fourth-order valence-corrected chi connectivity index (χ4v) is 3.22. The zero-order valence-corrected chi connectivity index (χ0v) is 11.5. The van der Waals surface area contributed by atoms with Crippen molar-refractivity contribution in [1.82, 2.24) is 4.90 Å². The van der Waals surface area contributed by atoms with Crippen molar-refractivity contribution < 1.29 is 9.84 Å². The summed E-state index contributed by atoms with van der Waals surface area (Å²) in [6.45, 7) is 6.22. The smallest absolute Gasteiger partial charge is 0.0746 e. The summed E-state index contributed by atoms with van der Waals surface area (Å²) in [4.78, 5) is 2.31. The Hall–Kier alpha value is -0.120. The van der Waals surface area contributed by atoms with Crippen molar-refractivity contribution in [3.63, 3.8) is 0 Å². The predicted octanol–water partition coefficient (Wildman–Crippen LogP) is 2.04. The molecule has 1 saturated heterocycles. The lowest BCUT2D eigenvalue weighted by atomic mass is 9.88. The van der Waals surface area contributed by atoms with Crippen LogP contribution in [0.5, 0.6) is 0 Å². The quantitative estimate of drug-likeness (QED) is 0.820. The van der Waals surface area contributed by atoms with Gasteiger partial charge in [0.25, 0.3) is 0 Å². The molecule has 0 aromatic carbocycles. The number of nitrogens with zero attached hydrogens (tertiary/aromatic N) is 1. The molecule has 3 atom stereocenters. The zero-order valence-electron chi connectivity index (χ0n) is 11.5. The summed E-state index contributed by atoms with van der Waals surface area (Å²) in [6.07, 6.45) is 6.08. The van der Waals surface area contributed by atoms with Crippen molar-refractivity contribution in [2.45, 2.75) is 64.2 Å². The van der Waals surface area contributed by atoms with Crippen molar-refractivity contribution in [1.29, 1.82) is 0 Å². The van der Waals surface area contributed by atoms with Gasteiger partial charge in [-0.15, -0.1) is 0 Å². The van der Waals surface area contributed by atoms with Crippen LogP contribution in [0, 0.1) is 5.41 Å². The SMILES string of the molecule is CN(CC1CCCCO1)C1CCC(C)(C)C1O. The maximum atomic E-state index is 10.3. The highest BCUT2D eigenvalue weighted by molar-refractivity contribution is 4.96. The topological polar surface area (TPSA) is 32.7 Å². The van der Waals surface area contributed by atoms with Gasteiger partial charge in [0, 0.05) is 19.2 Å². The Labute approximate surface area is 105 Å². The minimum atomic E-state index is -0.198. The van der Waals surface area contributed by atoms with Gasteiger partial charge in [-0.2, -0.15) is 0 Å². The molecular weight excluding hydrogens is 214 g/mol. The lowest BCUT2D eigenvalue weighted by molar-refractivity contribution is -0.0290. The molecule has 0 aromatic heterocycles. The molecule has 2 rings (SSSR count). The van der Waals surface area contributed by atoms with E-state index in [2.05, 4.69) is 25.8 Å². The maximum absolute atomic E-state index is 10.3. The van der Waals surface area contributed by atoms with Crippen LogP contribution in [0.4, 0.5) is 0 Å². The van der Waals surface area contributed by atoms with E-state index in [-0.39, 0.29) is 11.5 Å². The summed E-state index contributed by atoms with van der Waals surface area (Å²) < 4.78 is 5.77. The number of rotatable bonds is 3. The van der Waals surface area contributed by atoms with Crippen LogP contribution in [-0.4, -0.2) is 48.5 Å². The third kappa shape index (κ3) is 3.01. The van der Waals surface area contributed by atoms with E-state index < -0.39 is 0 Å². The van der Waals surface area contributed by atoms with Gasteiger partial charge in [-0.1, -0.05) is 13.8 Å². The largest absolute Gasteiger partial charge is 0.391 e. The summed E-state index contributed by atoms with van der Waals surface area (Å²) >= 11 is 0. The van der Waals surface area contributed by atoms with Gasteiger partial charge in [-0.25, -0.2) is 0 Å². The molecule has 3 heteroatoms. The molecule has 100 valence electrons. The molecule has 1 aliphatic heterocycles. The summed E-state index contributed by atoms with van der Waals surface area (Å²) in [5, 5.41) is 10.3. The molecule has 2 aliphatic rings.